The first kappa shape index (κ1) is 24.9. The summed E-state index contributed by atoms with van der Waals surface area (Å²) in [7, 11) is 0. The van der Waals surface area contributed by atoms with Crippen LogP contribution in [-0.4, -0.2) is 19.5 Å². The third-order valence-corrected chi connectivity index (χ3v) is 9.36. The summed E-state index contributed by atoms with van der Waals surface area (Å²) < 4.78 is 4.81. The molecule has 3 heterocycles. The summed E-state index contributed by atoms with van der Waals surface area (Å²) in [6.07, 6.45) is 0. The summed E-state index contributed by atoms with van der Waals surface area (Å²) in [6, 6.07) is 50.8. The maximum atomic E-state index is 5.16. The molecule has 9 aromatic rings. The van der Waals surface area contributed by atoms with Gasteiger partial charge in [-0.05, 0) is 30.3 Å². The smallest absolute Gasteiger partial charge is 0.164 e. The van der Waals surface area contributed by atoms with Crippen LogP contribution < -0.4 is 0 Å². The number of rotatable bonds is 4. The molecule has 0 unspecified atom stereocenters. The molecule has 206 valence electrons. The van der Waals surface area contributed by atoms with Crippen LogP contribution in [0.15, 0.2) is 146 Å². The van der Waals surface area contributed by atoms with Gasteiger partial charge in [0, 0.05) is 53.3 Å². The fourth-order valence-electron chi connectivity index (χ4n) is 6.28. The quantitative estimate of drug-likeness (QED) is 0.208. The highest BCUT2D eigenvalue weighted by Gasteiger charge is 2.20. The van der Waals surface area contributed by atoms with Crippen molar-refractivity contribution in [1.29, 1.82) is 0 Å². The van der Waals surface area contributed by atoms with Gasteiger partial charge in [0.15, 0.2) is 17.5 Å². The summed E-state index contributed by atoms with van der Waals surface area (Å²) in [4.78, 5) is 15.3. The molecule has 0 aliphatic heterocycles. The standard InChI is InChI=1S/C39H24N4S/c1-3-13-25(14-4-1)37-40-38(26-15-5-2-6-16-26)42-39(41-37)31-23-27(24-35-36(31)30-19-9-12-22-34(30)44-35)43-32-20-10-7-17-28(32)29-18-8-11-21-33(29)43/h1-24H. The molecule has 0 atom stereocenters. The Kier molecular flexibility index (Phi) is 5.64. The van der Waals surface area contributed by atoms with Crippen LogP contribution in [0.25, 0.3) is 81.8 Å². The van der Waals surface area contributed by atoms with Crippen molar-refractivity contribution in [2.75, 3.05) is 0 Å². The predicted octanol–water partition coefficient (Wildman–Crippen LogP) is 10.3. The van der Waals surface area contributed by atoms with Crippen molar-refractivity contribution < 1.29 is 0 Å². The topological polar surface area (TPSA) is 43.6 Å². The van der Waals surface area contributed by atoms with Crippen molar-refractivity contribution in [2.45, 2.75) is 0 Å². The Hall–Kier alpha value is -5.65. The van der Waals surface area contributed by atoms with Gasteiger partial charge in [0.1, 0.15) is 0 Å². The zero-order valence-electron chi connectivity index (χ0n) is 23.6. The van der Waals surface area contributed by atoms with Crippen molar-refractivity contribution in [3.05, 3.63) is 146 Å². The van der Waals surface area contributed by atoms with Crippen molar-refractivity contribution in [3.8, 4) is 39.9 Å². The molecule has 0 fully saturated rings. The maximum Gasteiger partial charge on any atom is 0.164 e. The molecule has 44 heavy (non-hydrogen) atoms. The van der Waals surface area contributed by atoms with E-state index >= 15 is 0 Å². The molecule has 3 aromatic heterocycles. The minimum absolute atomic E-state index is 0.657. The molecule has 0 saturated heterocycles. The molecule has 0 spiro atoms. The van der Waals surface area contributed by atoms with Crippen LogP contribution >= 0.6 is 11.3 Å². The molecule has 0 N–H and O–H groups in total. The molecule has 0 aliphatic carbocycles. The van der Waals surface area contributed by atoms with Crippen molar-refractivity contribution in [3.63, 3.8) is 0 Å². The number of benzene rings is 6. The van der Waals surface area contributed by atoms with Gasteiger partial charge < -0.3 is 4.57 Å². The van der Waals surface area contributed by atoms with Gasteiger partial charge in [-0.3, -0.25) is 0 Å². The van der Waals surface area contributed by atoms with Crippen molar-refractivity contribution >= 4 is 53.3 Å². The van der Waals surface area contributed by atoms with Gasteiger partial charge in [-0.1, -0.05) is 115 Å². The molecule has 6 aromatic carbocycles. The molecule has 0 bridgehead atoms. The van der Waals surface area contributed by atoms with E-state index < -0.39 is 0 Å². The lowest BCUT2D eigenvalue weighted by Crippen LogP contribution is -2.01. The van der Waals surface area contributed by atoms with E-state index in [1.165, 1.54) is 42.0 Å². The molecule has 0 saturated carbocycles. The number of para-hydroxylation sites is 2. The van der Waals surface area contributed by atoms with E-state index in [1.54, 1.807) is 0 Å². The fourth-order valence-corrected chi connectivity index (χ4v) is 7.44. The summed E-state index contributed by atoms with van der Waals surface area (Å²) in [5, 5.41) is 4.84. The second kappa shape index (κ2) is 9.97. The van der Waals surface area contributed by atoms with E-state index in [1.807, 2.05) is 47.7 Å². The van der Waals surface area contributed by atoms with Crippen LogP contribution in [0.2, 0.25) is 0 Å². The number of aromatic nitrogens is 4. The Labute approximate surface area is 257 Å². The Morgan fingerprint density at radius 3 is 1.55 bits per heavy atom. The highest BCUT2D eigenvalue weighted by atomic mass is 32.1. The SMILES string of the molecule is c1ccc(-c2nc(-c3ccccc3)nc(-c3cc(-n4c5ccccc5c5ccccc54)cc4sc5ccccc5c34)n2)cc1. The van der Waals surface area contributed by atoms with Gasteiger partial charge in [0.25, 0.3) is 0 Å². The molecule has 9 rings (SSSR count). The minimum atomic E-state index is 0.657. The summed E-state index contributed by atoms with van der Waals surface area (Å²) in [6.45, 7) is 0. The third-order valence-electron chi connectivity index (χ3n) is 8.24. The molecular formula is C39H24N4S. The largest absolute Gasteiger partial charge is 0.309 e. The fraction of sp³-hybridized carbons (Fsp3) is 0. The van der Waals surface area contributed by atoms with Crippen LogP contribution in [0.5, 0.6) is 0 Å². The second-order valence-corrected chi connectivity index (χ2v) is 12.0. The van der Waals surface area contributed by atoms with Crippen LogP contribution in [0.1, 0.15) is 0 Å². The lowest BCUT2D eigenvalue weighted by molar-refractivity contribution is 1.07. The maximum absolute atomic E-state index is 5.16. The molecular weight excluding hydrogens is 557 g/mol. The van der Waals surface area contributed by atoms with Crippen LogP contribution in [0.4, 0.5) is 0 Å². The van der Waals surface area contributed by atoms with Crippen LogP contribution in [0, 0.1) is 0 Å². The molecule has 0 radical (unpaired) electrons. The Bertz CT molecular complexity index is 2380. The summed E-state index contributed by atoms with van der Waals surface area (Å²) in [5.41, 5.74) is 6.33. The first-order valence-corrected chi connectivity index (χ1v) is 15.4. The third kappa shape index (κ3) is 3.94. The average Bonchev–Trinajstić information content (AvgIpc) is 3.64. The summed E-state index contributed by atoms with van der Waals surface area (Å²) in [5.74, 6) is 1.97. The van der Waals surface area contributed by atoms with Gasteiger partial charge in [0.05, 0.1) is 11.0 Å². The van der Waals surface area contributed by atoms with E-state index in [9.17, 15) is 0 Å². The molecule has 0 amide bonds. The highest BCUT2D eigenvalue weighted by molar-refractivity contribution is 7.26. The lowest BCUT2D eigenvalue weighted by atomic mass is 10.0. The normalized spacial score (nSPS) is 11.6. The van der Waals surface area contributed by atoms with Gasteiger partial charge in [0.2, 0.25) is 0 Å². The van der Waals surface area contributed by atoms with Gasteiger partial charge >= 0.3 is 0 Å². The Balaban J connectivity index is 1.40. The van der Waals surface area contributed by atoms with E-state index in [4.69, 9.17) is 15.0 Å². The van der Waals surface area contributed by atoms with E-state index in [0.717, 1.165) is 22.4 Å². The van der Waals surface area contributed by atoms with Crippen molar-refractivity contribution in [2.24, 2.45) is 0 Å². The van der Waals surface area contributed by atoms with E-state index in [0.29, 0.717) is 17.5 Å². The molecule has 0 aliphatic rings. The van der Waals surface area contributed by atoms with Gasteiger partial charge in [-0.15, -0.1) is 11.3 Å². The van der Waals surface area contributed by atoms with E-state index in [2.05, 4.69) is 114 Å². The summed E-state index contributed by atoms with van der Waals surface area (Å²) >= 11 is 1.81. The van der Waals surface area contributed by atoms with Crippen LogP contribution in [0.3, 0.4) is 0 Å². The zero-order chi connectivity index (χ0) is 29.0. The number of thiophene rings is 1. The first-order valence-electron chi connectivity index (χ1n) is 14.6. The monoisotopic (exact) mass is 580 g/mol. The highest BCUT2D eigenvalue weighted by Crippen LogP contribution is 2.43. The lowest BCUT2D eigenvalue weighted by Gasteiger charge is -2.13. The Morgan fingerprint density at radius 1 is 0.432 bits per heavy atom. The van der Waals surface area contributed by atoms with Crippen molar-refractivity contribution in [1.82, 2.24) is 19.5 Å². The predicted molar refractivity (Wildman–Crippen MR) is 183 cm³/mol. The van der Waals surface area contributed by atoms with E-state index in [-0.39, 0.29) is 0 Å². The number of nitrogens with zero attached hydrogens (tertiary/aromatic N) is 4. The van der Waals surface area contributed by atoms with Gasteiger partial charge in [-0.25, -0.2) is 15.0 Å². The number of hydrogen-bond acceptors (Lipinski definition) is 4. The molecule has 5 heteroatoms. The second-order valence-electron chi connectivity index (χ2n) is 10.9. The van der Waals surface area contributed by atoms with Crippen LogP contribution in [-0.2, 0) is 0 Å². The molecule has 4 nitrogen and oxygen atoms in total. The first-order chi connectivity index (χ1) is 21.8. The Morgan fingerprint density at radius 2 is 0.932 bits per heavy atom. The zero-order valence-corrected chi connectivity index (χ0v) is 24.4. The minimum Gasteiger partial charge on any atom is -0.309 e. The number of fused-ring (bicyclic) bond motifs is 6. The average molecular weight is 581 g/mol. The van der Waals surface area contributed by atoms with Gasteiger partial charge in [-0.2, -0.15) is 0 Å². The number of hydrogen-bond donors (Lipinski definition) is 0.